The lowest BCUT2D eigenvalue weighted by atomic mass is 10.2. The lowest BCUT2D eigenvalue weighted by Gasteiger charge is -2.09. The van der Waals surface area contributed by atoms with Crippen molar-refractivity contribution >= 4 is 21.4 Å². The Hall–Kier alpha value is -1.53. The Labute approximate surface area is 108 Å². The minimum atomic E-state index is -3.49. The highest BCUT2D eigenvalue weighted by Gasteiger charge is 2.14. The molecule has 18 heavy (non-hydrogen) atoms. The van der Waals surface area contributed by atoms with E-state index >= 15 is 0 Å². The SMILES string of the molecule is CNS(=O)(=O)c1ccc(NCC=C(C)C)cc1N. The maximum absolute atomic E-state index is 11.6. The normalized spacial score (nSPS) is 11.1. The maximum Gasteiger partial charge on any atom is 0.242 e. The summed E-state index contributed by atoms with van der Waals surface area (Å²) in [4.78, 5) is 0.0952. The number of sulfonamides is 1. The summed E-state index contributed by atoms with van der Waals surface area (Å²) in [6.07, 6.45) is 2.04. The Morgan fingerprint density at radius 2 is 2.06 bits per heavy atom. The number of nitrogens with two attached hydrogens (primary N) is 1. The van der Waals surface area contributed by atoms with E-state index in [4.69, 9.17) is 5.73 Å². The van der Waals surface area contributed by atoms with Gasteiger partial charge in [0.1, 0.15) is 4.90 Å². The van der Waals surface area contributed by atoms with Gasteiger partial charge in [0.2, 0.25) is 10.0 Å². The van der Waals surface area contributed by atoms with Crippen LogP contribution in [0.25, 0.3) is 0 Å². The van der Waals surface area contributed by atoms with Crippen molar-refractivity contribution in [2.45, 2.75) is 18.7 Å². The van der Waals surface area contributed by atoms with E-state index in [2.05, 4.69) is 10.0 Å². The predicted octanol–water partition coefficient (Wildman–Crippen LogP) is 1.55. The standard InChI is InChI=1S/C12H19N3O2S/c1-9(2)6-7-15-10-4-5-12(11(13)8-10)18(16,17)14-3/h4-6,8,14-15H,7,13H2,1-3H3. The van der Waals surface area contributed by atoms with Crippen LogP contribution >= 0.6 is 0 Å². The summed E-state index contributed by atoms with van der Waals surface area (Å²) in [7, 11) is -2.14. The van der Waals surface area contributed by atoms with Crippen LogP contribution in [0.4, 0.5) is 11.4 Å². The molecule has 100 valence electrons. The quantitative estimate of drug-likeness (QED) is 0.559. The van der Waals surface area contributed by atoms with E-state index in [-0.39, 0.29) is 10.6 Å². The molecule has 1 rings (SSSR count). The zero-order valence-electron chi connectivity index (χ0n) is 10.8. The third kappa shape index (κ3) is 3.75. The summed E-state index contributed by atoms with van der Waals surface area (Å²) in [5.41, 5.74) is 7.97. The van der Waals surface area contributed by atoms with Gasteiger partial charge in [-0.3, -0.25) is 0 Å². The van der Waals surface area contributed by atoms with E-state index in [0.29, 0.717) is 6.54 Å². The second kappa shape index (κ2) is 5.88. The van der Waals surface area contributed by atoms with Gasteiger partial charge < -0.3 is 11.1 Å². The largest absolute Gasteiger partial charge is 0.398 e. The Bertz CT molecular complexity index is 546. The molecule has 0 amide bonds. The lowest BCUT2D eigenvalue weighted by Crippen LogP contribution is -2.20. The molecule has 0 heterocycles. The maximum atomic E-state index is 11.6. The van der Waals surface area contributed by atoms with E-state index in [1.807, 2.05) is 19.9 Å². The van der Waals surface area contributed by atoms with Crippen LogP contribution in [0.1, 0.15) is 13.8 Å². The molecule has 5 nitrogen and oxygen atoms in total. The number of anilines is 2. The molecule has 0 spiro atoms. The first-order valence-corrected chi connectivity index (χ1v) is 7.05. The van der Waals surface area contributed by atoms with Crippen LogP contribution in [0.2, 0.25) is 0 Å². The molecule has 1 aromatic rings. The molecular formula is C12H19N3O2S. The van der Waals surface area contributed by atoms with Crippen molar-refractivity contribution in [3.05, 3.63) is 29.8 Å². The van der Waals surface area contributed by atoms with E-state index in [1.54, 1.807) is 12.1 Å². The number of hydrogen-bond donors (Lipinski definition) is 3. The van der Waals surface area contributed by atoms with Gasteiger partial charge in [-0.25, -0.2) is 13.1 Å². The molecule has 1 aromatic carbocycles. The van der Waals surface area contributed by atoms with Crippen molar-refractivity contribution in [3.8, 4) is 0 Å². The van der Waals surface area contributed by atoms with Crippen LogP contribution in [-0.2, 0) is 10.0 Å². The van der Waals surface area contributed by atoms with Gasteiger partial charge in [0.25, 0.3) is 0 Å². The van der Waals surface area contributed by atoms with Gasteiger partial charge in [-0.2, -0.15) is 0 Å². The molecule has 0 unspecified atom stereocenters. The van der Waals surface area contributed by atoms with Gasteiger partial charge in [0, 0.05) is 12.2 Å². The zero-order valence-corrected chi connectivity index (χ0v) is 11.6. The summed E-state index contributed by atoms with van der Waals surface area (Å²) < 4.78 is 25.5. The lowest BCUT2D eigenvalue weighted by molar-refractivity contribution is 0.588. The third-order valence-electron chi connectivity index (χ3n) is 2.38. The second-order valence-corrected chi connectivity index (χ2v) is 5.98. The number of nitrogen functional groups attached to an aromatic ring is 1. The fraction of sp³-hybridized carbons (Fsp3) is 0.333. The monoisotopic (exact) mass is 269 g/mol. The molecule has 0 fully saturated rings. The highest BCUT2D eigenvalue weighted by molar-refractivity contribution is 7.89. The minimum absolute atomic E-state index is 0.0952. The third-order valence-corrected chi connectivity index (χ3v) is 3.87. The molecule has 0 bridgehead atoms. The van der Waals surface area contributed by atoms with Gasteiger partial charge in [-0.15, -0.1) is 0 Å². The average Bonchev–Trinajstić information content (AvgIpc) is 2.28. The molecule has 0 aromatic heterocycles. The Kier molecular flexibility index (Phi) is 4.75. The molecular weight excluding hydrogens is 250 g/mol. The van der Waals surface area contributed by atoms with Crippen LogP contribution in [0, 0.1) is 0 Å². The van der Waals surface area contributed by atoms with Gasteiger partial charge in [-0.1, -0.05) is 11.6 Å². The Morgan fingerprint density at radius 3 is 2.56 bits per heavy atom. The van der Waals surface area contributed by atoms with Crippen molar-refractivity contribution in [3.63, 3.8) is 0 Å². The first kappa shape index (κ1) is 14.5. The number of benzene rings is 1. The topological polar surface area (TPSA) is 84.2 Å². The van der Waals surface area contributed by atoms with E-state index in [0.717, 1.165) is 5.69 Å². The smallest absolute Gasteiger partial charge is 0.242 e. The zero-order chi connectivity index (χ0) is 13.8. The summed E-state index contributed by atoms with van der Waals surface area (Å²) >= 11 is 0. The van der Waals surface area contributed by atoms with Crippen LogP contribution in [0.5, 0.6) is 0 Å². The average molecular weight is 269 g/mol. The summed E-state index contributed by atoms with van der Waals surface area (Å²) in [5.74, 6) is 0. The molecule has 0 atom stereocenters. The molecule has 0 saturated heterocycles. The van der Waals surface area contributed by atoms with E-state index in [9.17, 15) is 8.42 Å². The van der Waals surface area contributed by atoms with Crippen molar-refractivity contribution < 1.29 is 8.42 Å². The predicted molar refractivity (Wildman–Crippen MR) is 75.0 cm³/mol. The number of allylic oxidation sites excluding steroid dienone is 1. The van der Waals surface area contributed by atoms with Gasteiger partial charge in [-0.05, 0) is 39.1 Å². The van der Waals surface area contributed by atoms with Gasteiger partial charge >= 0.3 is 0 Å². The van der Waals surface area contributed by atoms with Crippen LogP contribution in [0.3, 0.4) is 0 Å². The molecule has 0 saturated carbocycles. The summed E-state index contributed by atoms with van der Waals surface area (Å²) in [6, 6.07) is 4.80. The van der Waals surface area contributed by atoms with Crippen LogP contribution in [0.15, 0.2) is 34.7 Å². The second-order valence-electron chi connectivity index (χ2n) is 4.12. The van der Waals surface area contributed by atoms with E-state index < -0.39 is 10.0 Å². The Morgan fingerprint density at radius 1 is 1.39 bits per heavy atom. The van der Waals surface area contributed by atoms with Gasteiger partial charge in [0.05, 0.1) is 5.69 Å². The fourth-order valence-corrected chi connectivity index (χ4v) is 2.22. The highest BCUT2D eigenvalue weighted by Crippen LogP contribution is 2.22. The molecule has 0 aliphatic rings. The minimum Gasteiger partial charge on any atom is -0.398 e. The van der Waals surface area contributed by atoms with Crippen LogP contribution in [-0.4, -0.2) is 22.0 Å². The number of nitrogens with one attached hydrogen (secondary N) is 2. The number of hydrogen-bond acceptors (Lipinski definition) is 4. The first-order valence-electron chi connectivity index (χ1n) is 5.57. The molecule has 4 N–H and O–H groups in total. The molecule has 6 heteroatoms. The highest BCUT2D eigenvalue weighted by atomic mass is 32.2. The number of rotatable bonds is 5. The summed E-state index contributed by atoms with van der Waals surface area (Å²) in [6.45, 7) is 4.71. The van der Waals surface area contributed by atoms with Crippen molar-refractivity contribution in [2.24, 2.45) is 0 Å². The first-order chi connectivity index (χ1) is 8.36. The van der Waals surface area contributed by atoms with Crippen molar-refractivity contribution in [1.82, 2.24) is 4.72 Å². The van der Waals surface area contributed by atoms with Gasteiger partial charge in [0.15, 0.2) is 0 Å². The fourth-order valence-electron chi connectivity index (χ4n) is 1.39. The molecule has 0 aliphatic heterocycles. The molecule has 0 aliphatic carbocycles. The van der Waals surface area contributed by atoms with Crippen molar-refractivity contribution in [2.75, 3.05) is 24.6 Å². The van der Waals surface area contributed by atoms with Crippen LogP contribution < -0.4 is 15.8 Å². The Balaban J connectivity index is 2.90. The van der Waals surface area contributed by atoms with E-state index in [1.165, 1.54) is 18.7 Å². The summed E-state index contributed by atoms with van der Waals surface area (Å²) in [5, 5.41) is 3.14. The van der Waals surface area contributed by atoms with Crippen molar-refractivity contribution in [1.29, 1.82) is 0 Å². The molecule has 0 radical (unpaired) electrons.